The fraction of sp³-hybridized carbons (Fsp3) is 0.440. The Morgan fingerprint density at radius 3 is 2.67 bits per heavy atom. The Balaban J connectivity index is 0.00000306. The molecule has 2 N–H and O–H groups in total. The maximum Gasteiger partial charge on any atom is 0.191 e. The number of para-hydroxylation sites is 1. The summed E-state index contributed by atoms with van der Waals surface area (Å²) in [5, 5.41) is 8.16. The number of hydrogen-bond acceptors (Lipinski definition) is 4. The van der Waals surface area contributed by atoms with Crippen molar-refractivity contribution in [1.82, 2.24) is 25.1 Å². The van der Waals surface area contributed by atoms with Crippen molar-refractivity contribution < 1.29 is 0 Å². The summed E-state index contributed by atoms with van der Waals surface area (Å²) in [6.45, 7) is 9.57. The smallest absolute Gasteiger partial charge is 0.191 e. The van der Waals surface area contributed by atoms with Crippen LogP contribution >= 0.6 is 24.0 Å². The molecular formula is C25H36IN7. The van der Waals surface area contributed by atoms with Crippen LogP contribution in [-0.2, 0) is 13.1 Å². The Bertz CT molecular complexity index is 1020. The number of benzene rings is 1. The van der Waals surface area contributed by atoms with Crippen molar-refractivity contribution in [3.63, 3.8) is 0 Å². The first-order valence-electron chi connectivity index (χ1n) is 11.7. The number of piperazine rings is 1. The minimum Gasteiger partial charge on any atom is -0.357 e. The van der Waals surface area contributed by atoms with Gasteiger partial charge in [-0.15, -0.1) is 24.0 Å². The van der Waals surface area contributed by atoms with Crippen LogP contribution in [0.5, 0.6) is 0 Å². The number of anilines is 1. The second-order valence-electron chi connectivity index (χ2n) is 8.32. The van der Waals surface area contributed by atoms with E-state index in [0.29, 0.717) is 6.54 Å². The SMILES string of the molecule is CCNC(=NCc1cccnc1N1CCN(C)CC1)NCCCn1ccc2ccccc21.I. The van der Waals surface area contributed by atoms with Crippen molar-refractivity contribution in [2.75, 3.05) is 51.2 Å². The van der Waals surface area contributed by atoms with Crippen LogP contribution < -0.4 is 15.5 Å². The molecule has 0 atom stereocenters. The van der Waals surface area contributed by atoms with E-state index in [1.807, 2.05) is 12.3 Å². The van der Waals surface area contributed by atoms with Gasteiger partial charge in [0.2, 0.25) is 0 Å². The highest BCUT2D eigenvalue weighted by molar-refractivity contribution is 14.0. The number of nitrogens with one attached hydrogen (secondary N) is 2. The van der Waals surface area contributed by atoms with E-state index in [1.165, 1.54) is 16.5 Å². The molecule has 178 valence electrons. The highest BCUT2D eigenvalue weighted by Crippen LogP contribution is 2.19. The first kappa shape index (κ1) is 25.3. The maximum atomic E-state index is 4.85. The molecule has 0 bridgehead atoms. The van der Waals surface area contributed by atoms with E-state index in [1.54, 1.807) is 0 Å². The molecule has 1 aromatic carbocycles. The van der Waals surface area contributed by atoms with Crippen LogP contribution in [0, 0.1) is 0 Å². The van der Waals surface area contributed by atoms with Crippen LogP contribution in [-0.4, -0.2) is 66.7 Å². The standard InChI is InChI=1S/C25H35N7.HI/c1-3-26-25(28-13-7-14-31-15-11-21-8-4-5-10-23(21)31)29-20-22-9-6-12-27-24(22)32-18-16-30(2)17-19-32;/h4-6,8-12,15H,3,7,13-14,16-20H2,1-2H3,(H2,26,28,29);1H. The van der Waals surface area contributed by atoms with Crippen LogP contribution in [0.4, 0.5) is 5.82 Å². The van der Waals surface area contributed by atoms with Gasteiger partial charge in [-0.3, -0.25) is 0 Å². The molecule has 1 aliphatic heterocycles. The molecule has 4 rings (SSSR count). The molecule has 0 amide bonds. The van der Waals surface area contributed by atoms with Gasteiger partial charge in [-0.1, -0.05) is 24.3 Å². The molecule has 0 aliphatic carbocycles. The van der Waals surface area contributed by atoms with Crippen molar-refractivity contribution in [3.8, 4) is 0 Å². The molecule has 7 nitrogen and oxygen atoms in total. The molecule has 1 aliphatic rings. The molecule has 0 spiro atoms. The van der Waals surface area contributed by atoms with Gasteiger partial charge in [0.05, 0.1) is 6.54 Å². The lowest BCUT2D eigenvalue weighted by atomic mass is 10.2. The van der Waals surface area contributed by atoms with Crippen LogP contribution in [0.3, 0.4) is 0 Å². The number of likely N-dealkylation sites (N-methyl/N-ethyl adjacent to an activating group) is 1. The summed E-state index contributed by atoms with van der Waals surface area (Å²) in [6, 6.07) is 14.9. The summed E-state index contributed by atoms with van der Waals surface area (Å²) in [7, 11) is 2.17. The maximum absolute atomic E-state index is 4.85. The number of guanidine groups is 1. The molecule has 33 heavy (non-hydrogen) atoms. The van der Waals surface area contributed by atoms with Crippen LogP contribution in [0.2, 0.25) is 0 Å². The zero-order valence-corrected chi connectivity index (χ0v) is 22.0. The van der Waals surface area contributed by atoms with Gasteiger partial charge in [-0.05, 0) is 44.0 Å². The predicted molar refractivity (Wildman–Crippen MR) is 149 cm³/mol. The number of aromatic nitrogens is 2. The Labute approximate surface area is 214 Å². The van der Waals surface area contributed by atoms with Crippen molar-refractivity contribution in [2.45, 2.75) is 26.4 Å². The topological polar surface area (TPSA) is 60.7 Å². The molecule has 1 fully saturated rings. The zero-order chi connectivity index (χ0) is 22.2. The molecule has 1 saturated heterocycles. The van der Waals surface area contributed by atoms with Crippen molar-refractivity contribution >= 4 is 46.7 Å². The Morgan fingerprint density at radius 1 is 1.03 bits per heavy atom. The van der Waals surface area contributed by atoms with E-state index in [0.717, 1.165) is 64.0 Å². The normalized spacial score (nSPS) is 14.8. The van der Waals surface area contributed by atoms with Crippen molar-refractivity contribution in [3.05, 3.63) is 60.4 Å². The molecule has 3 heterocycles. The Morgan fingerprint density at radius 2 is 1.85 bits per heavy atom. The van der Waals surface area contributed by atoms with Crippen molar-refractivity contribution in [1.29, 1.82) is 0 Å². The number of rotatable bonds is 8. The van der Waals surface area contributed by atoms with Crippen LogP contribution in [0.1, 0.15) is 18.9 Å². The minimum atomic E-state index is 0. The van der Waals surface area contributed by atoms with Crippen molar-refractivity contribution in [2.24, 2.45) is 4.99 Å². The third-order valence-electron chi connectivity index (χ3n) is 5.97. The highest BCUT2D eigenvalue weighted by atomic mass is 127. The van der Waals surface area contributed by atoms with Gasteiger partial charge >= 0.3 is 0 Å². The summed E-state index contributed by atoms with van der Waals surface area (Å²) in [5.74, 6) is 1.93. The lowest BCUT2D eigenvalue weighted by molar-refractivity contribution is 0.312. The van der Waals surface area contributed by atoms with Crippen LogP contribution in [0.25, 0.3) is 10.9 Å². The number of aliphatic imine (C=N–C) groups is 1. The fourth-order valence-electron chi connectivity index (χ4n) is 4.15. The summed E-state index contributed by atoms with van der Waals surface area (Å²) < 4.78 is 2.32. The van der Waals surface area contributed by atoms with Gasteiger partial charge < -0.3 is 25.0 Å². The number of nitrogens with zero attached hydrogens (tertiary/aromatic N) is 5. The number of pyridine rings is 1. The monoisotopic (exact) mass is 561 g/mol. The minimum absolute atomic E-state index is 0. The molecule has 0 unspecified atom stereocenters. The quantitative estimate of drug-likeness (QED) is 0.191. The summed E-state index contributed by atoms with van der Waals surface area (Å²) in [4.78, 5) is 14.3. The number of aryl methyl sites for hydroxylation is 1. The molecule has 8 heteroatoms. The van der Waals surface area contributed by atoms with Gasteiger partial charge in [-0.2, -0.15) is 0 Å². The highest BCUT2D eigenvalue weighted by Gasteiger charge is 2.17. The second-order valence-corrected chi connectivity index (χ2v) is 8.32. The van der Waals surface area contributed by atoms with Gasteiger partial charge in [0.15, 0.2) is 5.96 Å². The van der Waals surface area contributed by atoms with E-state index in [-0.39, 0.29) is 24.0 Å². The van der Waals surface area contributed by atoms with E-state index >= 15 is 0 Å². The lowest BCUT2D eigenvalue weighted by Gasteiger charge is -2.34. The largest absolute Gasteiger partial charge is 0.357 e. The number of halogens is 1. The molecule has 0 saturated carbocycles. The second kappa shape index (κ2) is 12.8. The summed E-state index contributed by atoms with van der Waals surface area (Å²) in [6.07, 6.45) is 5.09. The summed E-state index contributed by atoms with van der Waals surface area (Å²) >= 11 is 0. The van der Waals surface area contributed by atoms with E-state index in [9.17, 15) is 0 Å². The fourth-order valence-corrected chi connectivity index (χ4v) is 4.15. The van der Waals surface area contributed by atoms with E-state index in [4.69, 9.17) is 4.99 Å². The molecule has 0 radical (unpaired) electrons. The third kappa shape index (κ3) is 6.83. The predicted octanol–water partition coefficient (Wildman–Crippen LogP) is 3.55. The Hall–Kier alpha value is -2.33. The zero-order valence-electron chi connectivity index (χ0n) is 19.7. The van der Waals surface area contributed by atoms with E-state index < -0.39 is 0 Å². The van der Waals surface area contributed by atoms with Gasteiger partial charge in [-0.25, -0.2) is 9.98 Å². The number of hydrogen-bond donors (Lipinski definition) is 2. The Kier molecular flexibility index (Phi) is 9.80. The molecule has 2 aromatic heterocycles. The molecule has 3 aromatic rings. The average molecular weight is 562 g/mol. The lowest BCUT2D eigenvalue weighted by Crippen LogP contribution is -2.45. The summed E-state index contributed by atoms with van der Waals surface area (Å²) in [5.41, 5.74) is 2.47. The molecular weight excluding hydrogens is 525 g/mol. The van der Waals surface area contributed by atoms with E-state index in [2.05, 4.69) is 86.6 Å². The first-order valence-corrected chi connectivity index (χ1v) is 11.7. The van der Waals surface area contributed by atoms with Gasteiger partial charge in [0.25, 0.3) is 0 Å². The van der Waals surface area contributed by atoms with Crippen LogP contribution in [0.15, 0.2) is 59.9 Å². The van der Waals surface area contributed by atoms with Gasteiger partial charge in [0.1, 0.15) is 5.82 Å². The third-order valence-corrected chi connectivity index (χ3v) is 5.97. The first-order chi connectivity index (χ1) is 15.7. The number of fused-ring (bicyclic) bond motifs is 1. The average Bonchev–Trinajstić information content (AvgIpc) is 3.24. The van der Waals surface area contributed by atoms with Gasteiger partial charge in [0, 0.05) is 69.3 Å².